The first kappa shape index (κ1) is 14.7. The van der Waals surface area contributed by atoms with Gasteiger partial charge < -0.3 is 10.4 Å². The molecule has 0 spiro atoms. The van der Waals surface area contributed by atoms with E-state index in [0.717, 1.165) is 0 Å². The van der Waals surface area contributed by atoms with E-state index in [-0.39, 0.29) is 11.7 Å². The minimum absolute atomic E-state index is 0.128. The van der Waals surface area contributed by atoms with Gasteiger partial charge in [0.05, 0.1) is 10.6 Å². The second-order valence-electron chi connectivity index (χ2n) is 4.52. The fourth-order valence-electron chi connectivity index (χ4n) is 1.89. The molecule has 110 valence electrons. The molecule has 0 bridgehead atoms. The van der Waals surface area contributed by atoms with Gasteiger partial charge in [-0.25, -0.2) is 4.99 Å². The fraction of sp³-hybridized carbons (Fsp3) is 0. The number of aromatic hydroxyl groups is 1. The molecule has 2 aromatic rings. The lowest BCUT2D eigenvalue weighted by atomic mass is 10.2. The Morgan fingerprint density at radius 3 is 2.77 bits per heavy atom. The molecule has 0 aromatic heterocycles. The van der Waals surface area contributed by atoms with E-state index in [1.54, 1.807) is 54.6 Å². The number of aliphatic imine (C=N–C) groups is 1. The molecule has 1 amide bonds. The van der Waals surface area contributed by atoms with Crippen LogP contribution in [0.15, 0.2) is 58.4 Å². The van der Waals surface area contributed by atoms with Crippen LogP contribution in [0.2, 0.25) is 5.02 Å². The van der Waals surface area contributed by atoms with Gasteiger partial charge >= 0.3 is 0 Å². The monoisotopic (exact) mass is 330 g/mol. The maximum Gasteiger partial charge on any atom is 0.264 e. The largest absolute Gasteiger partial charge is 0.507 e. The number of nitrogens with one attached hydrogen (secondary N) is 1. The lowest BCUT2D eigenvalue weighted by Gasteiger charge is -1.98. The Kier molecular flexibility index (Phi) is 4.18. The Hall–Kier alpha value is -2.24. The summed E-state index contributed by atoms with van der Waals surface area (Å²) < 4.78 is 0. The zero-order chi connectivity index (χ0) is 15.5. The molecule has 0 aliphatic carbocycles. The molecular formula is C16H11ClN2O2S. The van der Waals surface area contributed by atoms with Crippen molar-refractivity contribution < 1.29 is 9.90 Å². The van der Waals surface area contributed by atoms with E-state index < -0.39 is 0 Å². The van der Waals surface area contributed by atoms with Gasteiger partial charge in [-0.1, -0.05) is 35.9 Å². The first-order valence-electron chi connectivity index (χ1n) is 6.45. The van der Waals surface area contributed by atoms with Crippen molar-refractivity contribution in [1.29, 1.82) is 0 Å². The molecule has 1 aliphatic rings. The minimum atomic E-state index is -0.242. The summed E-state index contributed by atoms with van der Waals surface area (Å²) in [5.41, 5.74) is 1.25. The van der Waals surface area contributed by atoms with Crippen molar-refractivity contribution in [1.82, 2.24) is 5.32 Å². The zero-order valence-electron chi connectivity index (χ0n) is 11.3. The van der Waals surface area contributed by atoms with Gasteiger partial charge in [0.25, 0.3) is 5.91 Å². The molecule has 1 heterocycles. The summed E-state index contributed by atoms with van der Waals surface area (Å²) in [6.07, 6.45) is 1.63. The van der Waals surface area contributed by atoms with Crippen LogP contribution in [0, 0.1) is 0 Å². The highest BCUT2D eigenvalue weighted by Gasteiger charge is 2.24. The number of para-hydroxylation sites is 1. The molecule has 0 atom stereocenters. The summed E-state index contributed by atoms with van der Waals surface area (Å²) in [7, 11) is 0. The van der Waals surface area contributed by atoms with Crippen LogP contribution in [0.25, 0.3) is 6.08 Å². The number of thioether (sulfide) groups is 1. The van der Waals surface area contributed by atoms with E-state index in [4.69, 9.17) is 11.6 Å². The van der Waals surface area contributed by atoms with Crippen molar-refractivity contribution in [3.63, 3.8) is 0 Å². The number of halogens is 1. The first-order chi connectivity index (χ1) is 10.6. The number of hydrogen-bond donors (Lipinski definition) is 2. The summed E-state index contributed by atoms with van der Waals surface area (Å²) in [6.45, 7) is 0. The lowest BCUT2D eigenvalue weighted by Crippen LogP contribution is -2.19. The highest BCUT2D eigenvalue weighted by molar-refractivity contribution is 8.18. The number of carbonyl (C=O) groups excluding carboxylic acids is 1. The summed E-state index contributed by atoms with van der Waals surface area (Å²) >= 11 is 7.13. The molecular weight excluding hydrogens is 320 g/mol. The molecule has 4 nitrogen and oxygen atoms in total. The van der Waals surface area contributed by atoms with E-state index in [1.165, 1.54) is 11.8 Å². The SMILES string of the molecule is O=C1NC(=Nc2cccc(Cl)c2)S/C1=C/c1ccccc1O. The second-order valence-corrected chi connectivity index (χ2v) is 5.99. The van der Waals surface area contributed by atoms with Crippen LogP contribution < -0.4 is 5.32 Å². The van der Waals surface area contributed by atoms with Gasteiger partial charge in [-0.15, -0.1) is 0 Å². The van der Waals surface area contributed by atoms with Gasteiger partial charge in [0, 0.05) is 10.6 Å². The third-order valence-electron chi connectivity index (χ3n) is 2.91. The molecule has 6 heteroatoms. The van der Waals surface area contributed by atoms with Gasteiger partial charge in [0.15, 0.2) is 5.17 Å². The highest BCUT2D eigenvalue weighted by atomic mass is 35.5. The first-order valence-corrected chi connectivity index (χ1v) is 7.64. The molecule has 0 unspecified atom stereocenters. The Bertz CT molecular complexity index is 802. The number of amidine groups is 1. The van der Waals surface area contributed by atoms with Crippen LogP contribution in [-0.4, -0.2) is 16.2 Å². The van der Waals surface area contributed by atoms with Crippen LogP contribution in [0.1, 0.15) is 5.56 Å². The summed E-state index contributed by atoms with van der Waals surface area (Å²) in [4.78, 5) is 16.8. The second kappa shape index (κ2) is 6.25. The van der Waals surface area contributed by atoms with Crippen LogP contribution >= 0.6 is 23.4 Å². The zero-order valence-corrected chi connectivity index (χ0v) is 12.9. The molecule has 0 radical (unpaired) electrons. The van der Waals surface area contributed by atoms with Crippen LogP contribution in [0.4, 0.5) is 5.69 Å². The van der Waals surface area contributed by atoms with Crippen molar-refractivity contribution in [2.75, 3.05) is 0 Å². The average molecular weight is 331 g/mol. The number of benzene rings is 2. The number of phenolic OH excluding ortho intramolecular Hbond substituents is 1. The molecule has 2 aromatic carbocycles. The summed E-state index contributed by atoms with van der Waals surface area (Å²) in [5.74, 6) is -0.113. The van der Waals surface area contributed by atoms with Crippen molar-refractivity contribution in [2.45, 2.75) is 0 Å². The Labute approximate surface area is 136 Å². The lowest BCUT2D eigenvalue weighted by molar-refractivity contribution is -0.115. The standard InChI is InChI=1S/C16H11ClN2O2S/c17-11-5-3-6-12(9-11)18-16-19-15(21)14(22-16)8-10-4-1-2-7-13(10)20/h1-9,20H,(H,18,19,21)/b14-8+. The summed E-state index contributed by atoms with van der Waals surface area (Å²) in [5, 5.41) is 13.5. The quantitative estimate of drug-likeness (QED) is 0.820. The van der Waals surface area contributed by atoms with Gasteiger partial charge in [0.2, 0.25) is 0 Å². The predicted octanol–water partition coefficient (Wildman–Crippen LogP) is 3.94. The van der Waals surface area contributed by atoms with Gasteiger partial charge in [-0.2, -0.15) is 0 Å². The third-order valence-corrected chi connectivity index (χ3v) is 4.06. The molecule has 22 heavy (non-hydrogen) atoms. The number of phenols is 1. The van der Waals surface area contributed by atoms with E-state index in [1.807, 2.05) is 0 Å². The third kappa shape index (κ3) is 3.32. The van der Waals surface area contributed by atoms with Gasteiger partial charge in [0.1, 0.15) is 5.75 Å². The Morgan fingerprint density at radius 2 is 2.00 bits per heavy atom. The van der Waals surface area contributed by atoms with Crippen LogP contribution in [0.3, 0.4) is 0 Å². The Morgan fingerprint density at radius 1 is 1.18 bits per heavy atom. The molecule has 1 fully saturated rings. The van der Waals surface area contributed by atoms with E-state index >= 15 is 0 Å². The van der Waals surface area contributed by atoms with E-state index in [0.29, 0.717) is 26.3 Å². The minimum Gasteiger partial charge on any atom is -0.507 e. The van der Waals surface area contributed by atoms with E-state index in [9.17, 15) is 9.90 Å². The average Bonchev–Trinajstić information content (AvgIpc) is 2.81. The Balaban J connectivity index is 1.86. The molecule has 2 N–H and O–H groups in total. The maximum atomic E-state index is 12.0. The molecule has 1 aliphatic heterocycles. The number of nitrogens with zero attached hydrogens (tertiary/aromatic N) is 1. The summed E-state index contributed by atoms with van der Waals surface area (Å²) in [6, 6.07) is 13.9. The van der Waals surface area contributed by atoms with Crippen LogP contribution in [0.5, 0.6) is 5.75 Å². The van der Waals surface area contributed by atoms with E-state index in [2.05, 4.69) is 10.3 Å². The van der Waals surface area contributed by atoms with Crippen molar-refractivity contribution in [3.05, 3.63) is 64.0 Å². The highest BCUT2D eigenvalue weighted by Crippen LogP contribution is 2.30. The molecule has 3 rings (SSSR count). The molecule has 1 saturated heterocycles. The fourth-order valence-corrected chi connectivity index (χ4v) is 2.91. The van der Waals surface area contributed by atoms with Crippen molar-refractivity contribution >= 4 is 46.2 Å². The van der Waals surface area contributed by atoms with Gasteiger partial charge in [-0.3, -0.25) is 4.79 Å². The predicted molar refractivity (Wildman–Crippen MR) is 90.4 cm³/mol. The topological polar surface area (TPSA) is 61.7 Å². The van der Waals surface area contributed by atoms with Crippen molar-refractivity contribution in [2.24, 2.45) is 4.99 Å². The number of carbonyl (C=O) groups is 1. The smallest absolute Gasteiger partial charge is 0.264 e. The molecule has 0 saturated carbocycles. The van der Waals surface area contributed by atoms with Gasteiger partial charge in [-0.05, 0) is 42.1 Å². The van der Waals surface area contributed by atoms with Crippen molar-refractivity contribution in [3.8, 4) is 5.75 Å². The normalized spacial score (nSPS) is 18.0. The number of rotatable bonds is 2. The van der Waals surface area contributed by atoms with Crippen LogP contribution in [-0.2, 0) is 4.79 Å². The maximum absolute atomic E-state index is 12.0. The number of amides is 1. The number of hydrogen-bond acceptors (Lipinski definition) is 4.